The van der Waals surface area contributed by atoms with Gasteiger partial charge in [0.15, 0.2) is 0 Å². The maximum Gasteiger partial charge on any atom is 0.411 e. The zero-order valence-corrected chi connectivity index (χ0v) is 7.67. The Hall–Kier alpha value is -1.53. The number of aromatic nitrogens is 2. The molecule has 0 radical (unpaired) electrons. The van der Waals surface area contributed by atoms with Crippen LogP contribution in [-0.4, -0.2) is 21.7 Å². The van der Waals surface area contributed by atoms with Gasteiger partial charge in [0, 0.05) is 0 Å². The average molecular weight is 218 g/mol. The van der Waals surface area contributed by atoms with E-state index < -0.39 is 11.7 Å². The fourth-order valence-electron chi connectivity index (χ4n) is 1.22. The third kappa shape index (κ3) is 1.81. The molecule has 0 saturated heterocycles. The van der Waals surface area contributed by atoms with Crippen molar-refractivity contribution >= 4 is 11.6 Å². The van der Waals surface area contributed by atoms with Crippen LogP contribution in [0.5, 0.6) is 0 Å². The summed E-state index contributed by atoms with van der Waals surface area (Å²) in [5.74, 6) is -0.0426. The van der Waals surface area contributed by atoms with Crippen molar-refractivity contribution in [1.29, 1.82) is 0 Å². The minimum atomic E-state index is -4.27. The second-order valence-electron chi connectivity index (χ2n) is 3.54. The lowest BCUT2D eigenvalue weighted by Crippen LogP contribution is -2.39. The number of hydrogen-bond acceptors (Lipinski definition) is 4. The van der Waals surface area contributed by atoms with Crippen LogP contribution in [0.15, 0.2) is 12.4 Å². The first-order valence-electron chi connectivity index (χ1n) is 4.35. The highest BCUT2D eigenvalue weighted by Crippen LogP contribution is 2.50. The van der Waals surface area contributed by atoms with Crippen LogP contribution in [0.4, 0.5) is 24.8 Å². The Labute approximate surface area is 83.7 Å². The molecule has 0 aromatic carbocycles. The number of halogens is 3. The summed E-state index contributed by atoms with van der Waals surface area (Å²) in [7, 11) is 0. The fraction of sp³-hybridized carbons (Fsp3) is 0.500. The van der Waals surface area contributed by atoms with E-state index in [2.05, 4.69) is 15.3 Å². The lowest BCUT2D eigenvalue weighted by atomic mass is 10.2. The zero-order valence-electron chi connectivity index (χ0n) is 7.67. The van der Waals surface area contributed by atoms with Crippen LogP contribution < -0.4 is 11.1 Å². The molecule has 1 aliphatic carbocycles. The van der Waals surface area contributed by atoms with Crippen molar-refractivity contribution in [3.8, 4) is 0 Å². The lowest BCUT2D eigenvalue weighted by Gasteiger charge is -2.20. The van der Waals surface area contributed by atoms with Crippen LogP contribution in [0.2, 0.25) is 0 Å². The molecule has 82 valence electrons. The molecule has 7 heteroatoms. The first-order valence-corrected chi connectivity index (χ1v) is 4.35. The molecule has 4 nitrogen and oxygen atoms in total. The third-order valence-electron chi connectivity index (χ3n) is 2.32. The molecule has 0 aliphatic heterocycles. The highest BCUT2D eigenvalue weighted by Gasteiger charge is 2.63. The number of alkyl halides is 3. The quantitative estimate of drug-likeness (QED) is 0.790. The van der Waals surface area contributed by atoms with Crippen LogP contribution in [0.1, 0.15) is 12.8 Å². The molecule has 0 unspecified atom stereocenters. The molecule has 0 bridgehead atoms. The number of anilines is 2. The largest absolute Gasteiger partial charge is 0.411 e. The summed E-state index contributed by atoms with van der Waals surface area (Å²) in [6.07, 6.45) is -1.62. The Morgan fingerprint density at radius 3 is 2.20 bits per heavy atom. The van der Waals surface area contributed by atoms with Crippen molar-refractivity contribution in [3.05, 3.63) is 12.4 Å². The number of nitrogens with one attached hydrogen (secondary N) is 1. The third-order valence-corrected chi connectivity index (χ3v) is 2.32. The SMILES string of the molecule is Nc1cnc(NC2(C(F)(F)F)CC2)nc1. The van der Waals surface area contributed by atoms with E-state index in [1.165, 1.54) is 12.4 Å². The first-order chi connectivity index (χ1) is 6.93. The molecular formula is C8H9F3N4. The van der Waals surface area contributed by atoms with Crippen molar-refractivity contribution < 1.29 is 13.2 Å². The number of nitrogens with two attached hydrogens (primary N) is 1. The van der Waals surface area contributed by atoms with Gasteiger partial charge in [-0.3, -0.25) is 0 Å². The Morgan fingerprint density at radius 1 is 1.27 bits per heavy atom. The van der Waals surface area contributed by atoms with Crippen molar-refractivity contribution in [2.45, 2.75) is 24.6 Å². The van der Waals surface area contributed by atoms with Crippen molar-refractivity contribution in [2.24, 2.45) is 0 Å². The summed E-state index contributed by atoms with van der Waals surface area (Å²) >= 11 is 0. The van der Waals surface area contributed by atoms with E-state index in [0.29, 0.717) is 5.69 Å². The van der Waals surface area contributed by atoms with Crippen LogP contribution in [0, 0.1) is 0 Å². The Morgan fingerprint density at radius 2 is 1.80 bits per heavy atom. The predicted octanol–water partition coefficient (Wildman–Crippen LogP) is 1.57. The van der Waals surface area contributed by atoms with Gasteiger partial charge in [-0.25, -0.2) is 9.97 Å². The number of rotatable bonds is 2. The van der Waals surface area contributed by atoms with Gasteiger partial charge >= 0.3 is 6.18 Å². The summed E-state index contributed by atoms with van der Waals surface area (Å²) in [6.45, 7) is 0. The van der Waals surface area contributed by atoms with E-state index in [-0.39, 0.29) is 18.8 Å². The lowest BCUT2D eigenvalue weighted by molar-refractivity contribution is -0.151. The summed E-state index contributed by atoms with van der Waals surface area (Å²) < 4.78 is 37.6. The van der Waals surface area contributed by atoms with E-state index in [4.69, 9.17) is 5.73 Å². The van der Waals surface area contributed by atoms with Crippen molar-refractivity contribution in [2.75, 3.05) is 11.1 Å². The van der Waals surface area contributed by atoms with Gasteiger partial charge in [-0.2, -0.15) is 13.2 Å². The zero-order chi connectivity index (χ0) is 11.1. The minimum Gasteiger partial charge on any atom is -0.396 e. The number of hydrogen-bond donors (Lipinski definition) is 2. The second kappa shape index (κ2) is 2.98. The number of nitrogens with zero attached hydrogens (tertiary/aromatic N) is 2. The van der Waals surface area contributed by atoms with E-state index >= 15 is 0 Å². The number of nitrogen functional groups attached to an aromatic ring is 1. The summed E-state index contributed by atoms with van der Waals surface area (Å²) in [5.41, 5.74) is 3.80. The predicted molar refractivity (Wildman–Crippen MR) is 48.1 cm³/mol. The molecule has 0 amide bonds. The summed E-state index contributed by atoms with van der Waals surface area (Å²) in [4.78, 5) is 7.34. The first kappa shape index (κ1) is 10.0. The van der Waals surface area contributed by atoms with Crippen molar-refractivity contribution in [3.63, 3.8) is 0 Å². The van der Waals surface area contributed by atoms with Crippen molar-refractivity contribution in [1.82, 2.24) is 9.97 Å². The maximum atomic E-state index is 12.5. The molecular weight excluding hydrogens is 209 g/mol. The fourth-order valence-corrected chi connectivity index (χ4v) is 1.22. The van der Waals surface area contributed by atoms with E-state index in [1.807, 2.05) is 0 Å². The van der Waals surface area contributed by atoms with Crippen LogP contribution in [0.3, 0.4) is 0 Å². The maximum absolute atomic E-state index is 12.5. The molecule has 15 heavy (non-hydrogen) atoms. The molecule has 1 aliphatic rings. The van der Waals surface area contributed by atoms with E-state index in [0.717, 1.165) is 0 Å². The normalized spacial score (nSPS) is 18.6. The topological polar surface area (TPSA) is 63.8 Å². The van der Waals surface area contributed by atoms with E-state index in [9.17, 15) is 13.2 Å². The molecule has 1 saturated carbocycles. The minimum absolute atomic E-state index is 0.0426. The van der Waals surface area contributed by atoms with Gasteiger partial charge in [0.1, 0.15) is 5.54 Å². The molecule has 1 heterocycles. The van der Waals surface area contributed by atoms with Gasteiger partial charge in [-0.05, 0) is 12.8 Å². The summed E-state index contributed by atoms with van der Waals surface area (Å²) in [6, 6.07) is 0. The molecule has 1 aromatic rings. The van der Waals surface area contributed by atoms with Gasteiger partial charge in [-0.15, -0.1) is 0 Å². The summed E-state index contributed by atoms with van der Waals surface area (Å²) in [5, 5.41) is 2.29. The van der Waals surface area contributed by atoms with Gasteiger partial charge in [0.05, 0.1) is 18.1 Å². The van der Waals surface area contributed by atoms with E-state index in [1.54, 1.807) is 0 Å². The smallest absolute Gasteiger partial charge is 0.396 e. The van der Waals surface area contributed by atoms with Crippen LogP contribution >= 0.6 is 0 Å². The van der Waals surface area contributed by atoms with Crippen LogP contribution in [0.25, 0.3) is 0 Å². The Balaban J connectivity index is 2.13. The highest BCUT2D eigenvalue weighted by atomic mass is 19.4. The molecule has 0 spiro atoms. The Bertz CT molecular complexity index is 355. The van der Waals surface area contributed by atoms with Crippen LogP contribution in [-0.2, 0) is 0 Å². The monoisotopic (exact) mass is 218 g/mol. The molecule has 2 rings (SSSR count). The average Bonchev–Trinajstić information content (AvgIpc) is 2.89. The van der Waals surface area contributed by atoms with Gasteiger partial charge in [-0.1, -0.05) is 0 Å². The molecule has 3 N–H and O–H groups in total. The Kier molecular flexibility index (Phi) is 1.99. The van der Waals surface area contributed by atoms with Gasteiger partial charge < -0.3 is 11.1 Å². The molecule has 1 fully saturated rings. The second-order valence-corrected chi connectivity index (χ2v) is 3.54. The molecule has 1 aromatic heterocycles. The van der Waals surface area contributed by atoms with Gasteiger partial charge in [0.2, 0.25) is 5.95 Å². The highest BCUT2D eigenvalue weighted by molar-refractivity contribution is 5.40. The van der Waals surface area contributed by atoms with Gasteiger partial charge in [0.25, 0.3) is 0 Å². The standard InChI is InChI=1S/C8H9F3N4/c9-8(10,11)7(1-2-7)15-6-13-3-5(12)4-14-6/h3-4H,1-2,12H2,(H,13,14,15). The molecule has 0 atom stereocenters.